The number of ether oxygens (including phenoxy) is 5. The fraction of sp³-hybridized carbons (Fsp3) is 0.689. The highest BCUT2D eigenvalue weighted by Crippen LogP contribution is 2.41. The van der Waals surface area contributed by atoms with E-state index in [1.807, 2.05) is 42.5 Å². The summed E-state index contributed by atoms with van der Waals surface area (Å²) in [5.74, 6) is 4.78. The largest absolute Gasteiger partial charge is 0.494 e. The summed E-state index contributed by atoms with van der Waals surface area (Å²) in [5, 5.41) is 9.13. The molecule has 100 heavy (non-hydrogen) atoms. The van der Waals surface area contributed by atoms with Crippen molar-refractivity contribution >= 4 is 11.0 Å². The predicted molar refractivity (Wildman–Crippen MR) is 425 cm³/mol. The molecule has 6 aromatic rings. The summed E-state index contributed by atoms with van der Waals surface area (Å²) in [7, 11) is 0. The molecule has 558 valence electrons. The van der Waals surface area contributed by atoms with Crippen LogP contribution in [0.3, 0.4) is 0 Å². The molecule has 10 nitrogen and oxygen atoms in total. The van der Waals surface area contributed by atoms with Crippen molar-refractivity contribution in [2.45, 2.75) is 369 Å². The van der Waals surface area contributed by atoms with Crippen molar-refractivity contribution in [3.05, 3.63) is 78.9 Å². The summed E-state index contributed by atoms with van der Waals surface area (Å²) < 4.78 is 39.6. The lowest BCUT2D eigenvalue weighted by atomic mass is 10.0. The Morgan fingerprint density at radius 2 is 0.490 bits per heavy atom. The van der Waals surface area contributed by atoms with E-state index in [1.54, 1.807) is 0 Å². The molecule has 4 aromatic carbocycles. The highest BCUT2D eigenvalue weighted by atomic mass is 16.5. The number of benzene rings is 4. The normalized spacial score (nSPS) is 11.5. The van der Waals surface area contributed by atoms with Gasteiger partial charge in [0, 0.05) is 22.3 Å². The first-order chi connectivity index (χ1) is 49.5. The molecule has 0 N–H and O–H groups in total. The molecular formula is C90H142N4O6. The lowest BCUT2D eigenvalue weighted by Gasteiger charge is -2.17. The molecule has 2 heterocycles. The molecule has 0 aliphatic heterocycles. The topological polar surface area (TPSA) is 111 Å². The lowest BCUT2D eigenvalue weighted by molar-refractivity contribution is 0.258. The lowest BCUT2D eigenvalue weighted by Crippen LogP contribution is -2.04. The van der Waals surface area contributed by atoms with Crippen LogP contribution >= 0.6 is 0 Å². The van der Waals surface area contributed by atoms with Crippen molar-refractivity contribution in [2.75, 3.05) is 33.0 Å². The highest BCUT2D eigenvalue weighted by Gasteiger charge is 2.21. The molecule has 0 aliphatic carbocycles. The maximum absolute atomic E-state index is 6.82. The molecule has 0 saturated heterocycles. The summed E-state index contributed by atoms with van der Waals surface area (Å²) in [6.07, 6.45) is 67.0. The Hall–Kier alpha value is -5.64. The Balaban J connectivity index is 1.23. The van der Waals surface area contributed by atoms with Crippen molar-refractivity contribution in [3.8, 4) is 74.2 Å². The number of unbranched alkanes of at least 4 members (excludes halogenated alkanes) is 47. The molecule has 0 aliphatic rings. The molecule has 0 amide bonds. The van der Waals surface area contributed by atoms with Gasteiger partial charge in [-0.1, -0.05) is 336 Å². The molecule has 2 aromatic heterocycles. The number of aromatic nitrogens is 4. The molecule has 0 fully saturated rings. The van der Waals surface area contributed by atoms with Crippen LogP contribution in [0.15, 0.2) is 83.3 Å². The van der Waals surface area contributed by atoms with Gasteiger partial charge in [0.2, 0.25) is 11.8 Å². The standard InChI is InChI=1S/C90H142N4O6/c1-6-11-16-21-26-31-36-37-42-43-48-53-68-95-80-63-58-76(59-64-80)89-93-94-90(100-89)79-60-65-81-82(73-79)92-88(78-62-67-84(97-70-55-50-45-39-33-28-23-18-13-8-3)86(75-78)99-72-57-52-47-41-35-30-25-20-15-10-5)87(91-81)77-61-66-83(96-69-54-49-44-38-32-27-22-17-12-7-2)85(74-77)98-71-56-51-46-40-34-29-24-19-14-9-4/h58-67,73-75H,6-57,68-72H2,1-5H3. The van der Waals surface area contributed by atoms with Gasteiger partial charge in [-0.15, -0.1) is 10.2 Å². The number of hydrogen-bond acceptors (Lipinski definition) is 10. The fourth-order valence-electron chi connectivity index (χ4n) is 13.7. The Kier molecular flexibility index (Phi) is 46.6. The van der Waals surface area contributed by atoms with Crippen LogP contribution in [0.1, 0.15) is 369 Å². The summed E-state index contributed by atoms with van der Waals surface area (Å²) in [5.41, 5.74) is 6.38. The van der Waals surface area contributed by atoms with Gasteiger partial charge < -0.3 is 28.1 Å². The van der Waals surface area contributed by atoms with Gasteiger partial charge >= 0.3 is 0 Å². The second kappa shape index (κ2) is 55.9. The zero-order valence-electron chi connectivity index (χ0n) is 64.5. The van der Waals surface area contributed by atoms with E-state index in [9.17, 15) is 0 Å². The van der Waals surface area contributed by atoms with Gasteiger partial charge in [-0.25, -0.2) is 9.97 Å². The average molecular weight is 1380 g/mol. The first-order valence-corrected chi connectivity index (χ1v) is 42.2. The monoisotopic (exact) mass is 1380 g/mol. The highest BCUT2D eigenvalue weighted by molar-refractivity contribution is 5.89. The van der Waals surface area contributed by atoms with E-state index in [4.69, 9.17) is 38.1 Å². The molecule has 0 saturated carbocycles. The third-order valence-corrected chi connectivity index (χ3v) is 20.2. The minimum Gasteiger partial charge on any atom is -0.494 e. The van der Waals surface area contributed by atoms with E-state index < -0.39 is 0 Å². The molecular weight excluding hydrogens is 1230 g/mol. The minimum atomic E-state index is 0.417. The van der Waals surface area contributed by atoms with E-state index in [0.717, 1.165) is 119 Å². The Morgan fingerprint density at radius 1 is 0.230 bits per heavy atom. The Labute approximate surface area is 610 Å². The fourth-order valence-corrected chi connectivity index (χ4v) is 13.7. The van der Waals surface area contributed by atoms with Crippen molar-refractivity contribution < 1.29 is 28.1 Å². The maximum Gasteiger partial charge on any atom is 0.248 e. The van der Waals surface area contributed by atoms with Crippen LogP contribution in [-0.4, -0.2) is 53.2 Å². The third kappa shape index (κ3) is 35.5. The van der Waals surface area contributed by atoms with Gasteiger partial charge in [-0.3, -0.25) is 0 Å². The van der Waals surface area contributed by atoms with Gasteiger partial charge in [-0.2, -0.15) is 0 Å². The van der Waals surface area contributed by atoms with Crippen molar-refractivity contribution in [1.29, 1.82) is 0 Å². The zero-order valence-corrected chi connectivity index (χ0v) is 64.5. The first-order valence-electron chi connectivity index (χ1n) is 42.2. The molecule has 0 unspecified atom stereocenters. The van der Waals surface area contributed by atoms with Gasteiger partial charge in [0.05, 0.1) is 55.5 Å². The van der Waals surface area contributed by atoms with Gasteiger partial charge in [-0.05, 0) is 111 Å². The van der Waals surface area contributed by atoms with E-state index >= 15 is 0 Å². The Morgan fingerprint density at radius 3 is 0.820 bits per heavy atom. The van der Waals surface area contributed by atoms with Crippen LogP contribution in [-0.2, 0) is 0 Å². The minimum absolute atomic E-state index is 0.417. The van der Waals surface area contributed by atoms with E-state index in [1.165, 1.54) is 289 Å². The van der Waals surface area contributed by atoms with E-state index in [2.05, 4.69) is 81.2 Å². The van der Waals surface area contributed by atoms with Crippen LogP contribution in [0, 0.1) is 0 Å². The van der Waals surface area contributed by atoms with Gasteiger partial charge in [0.15, 0.2) is 23.0 Å². The maximum atomic E-state index is 6.82. The number of nitrogens with zero attached hydrogens (tertiary/aromatic N) is 4. The molecule has 0 bridgehead atoms. The quantitative estimate of drug-likeness (QED) is 0.0342. The van der Waals surface area contributed by atoms with Gasteiger partial charge in [0.1, 0.15) is 5.75 Å². The zero-order chi connectivity index (χ0) is 70.2. The van der Waals surface area contributed by atoms with Crippen LogP contribution in [0.2, 0.25) is 0 Å². The number of rotatable bonds is 66. The number of fused-ring (bicyclic) bond motifs is 1. The molecule has 10 heteroatoms. The Bertz CT molecular complexity index is 2940. The number of hydrogen-bond donors (Lipinski definition) is 0. The smallest absolute Gasteiger partial charge is 0.248 e. The van der Waals surface area contributed by atoms with Crippen LogP contribution in [0.25, 0.3) is 56.5 Å². The molecule has 0 spiro atoms. The van der Waals surface area contributed by atoms with Crippen molar-refractivity contribution in [1.82, 2.24) is 20.2 Å². The second-order valence-corrected chi connectivity index (χ2v) is 29.2. The predicted octanol–water partition coefficient (Wildman–Crippen LogP) is 29.0. The van der Waals surface area contributed by atoms with E-state index in [0.29, 0.717) is 43.7 Å². The van der Waals surface area contributed by atoms with E-state index in [-0.39, 0.29) is 0 Å². The SMILES string of the molecule is CCCCCCCCCCCCCCOc1ccc(-c2nnc(-c3ccc4nc(-c5ccc(OCCCCCCCCCCCC)c(OCCCCCCCCCCCC)c5)c(-c5ccc(OCCCCCCCCCCCC)c(OCCCCCCCCCCCC)c5)nc4c3)o2)cc1. The third-order valence-electron chi connectivity index (χ3n) is 20.2. The average Bonchev–Trinajstić information content (AvgIpc) is 0.936. The molecule has 0 radical (unpaired) electrons. The summed E-state index contributed by atoms with van der Waals surface area (Å²) in [6, 6.07) is 26.8. The van der Waals surface area contributed by atoms with Crippen LogP contribution < -0.4 is 23.7 Å². The van der Waals surface area contributed by atoms with Crippen LogP contribution in [0.4, 0.5) is 0 Å². The summed E-state index contributed by atoms with van der Waals surface area (Å²) in [4.78, 5) is 11.1. The summed E-state index contributed by atoms with van der Waals surface area (Å²) in [6.45, 7) is 14.7. The van der Waals surface area contributed by atoms with Crippen molar-refractivity contribution in [2.24, 2.45) is 0 Å². The van der Waals surface area contributed by atoms with Crippen LogP contribution in [0.5, 0.6) is 28.7 Å². The first kappa shape index (κ1) is 83.3. The van der Waals surface area contributed by atoms with Crippen molar-refractivity contribution in [3.63, 3.8) is 0 Å². The molecule has 6 rings (SSSR count). The molecule has 0 atom stereocenters. The second-order valence-electron chi connectivity index (χ2n) is 29.2. The summed E-state index contributed by atoms with van der Waals surface area (Å²) >= 11 is 0. The van der Waals surface area contributed by atoms with Gasteiger partial charge in [0.25, 0.3) is 0 Å².